The second kappa shape index (κ2) is 10.8. The van der Waals surface area contributed by atoms with Gasteiger partial charge < -0.3 is 10.6 Å². The van der Waals surface area contributed by atoms with Crippen LogP contribution in [0.4, 0.5) is 0 Å². The monoisotopic (exact) mass is 393 g/mol. The number of hydrogen-bond donors (Lipinski definition) is 2. The number of nitrogens with zero attached hydrogens (tertiary/aromatic N) is 3. The van der Waals surface area contributed by atoms with Crippen molar-refractivity contribution in [3.63, 3.8) is 0 Å². The van der Waals surface area contributed by atoms with Gasteiger partial charge in [-0.1, -0.05) is 6.07 Å². The van der Waals surface area contributed by atoms with Crippen LogP contribution in [-0.4, -0.2) is 62.8 Å². The van der Waals surface area contributed by atoms with Gasteiger partial charge in [0.1, 0.15) is 0 Å². The van der Waals surface area contributed by atoms with E-state index in [-0.39, 0.29) is 4.75 Å². The molecule has 2 heterocycles. The molecule has 6 nitrogen and oxygen atoms in total. The molecule has 27 heavy (non-hydrogen) atoms. The lowest BCUT2D eigenvalue weighted by atomic mass is 10.0. The van der Waals surface area contributed by atoms with Gasteiger partial charge in [-0.15, -0.1) is 0 Å². The molecule has 1 unspecified atom stereocenters. The van der Waals surface area contributed by atoms with Crippen molar-refractivity contribution in [2.75, 3.05) is 31.9 Å². The van der Waals surface area contributed by atoms with Crippen LogP contribution < -0.4 is 10.6 Å². The van der Waals surface area contributed by atoms with E-state index in [2.05, 4.69) is 38.5 Å². The van der Waals surface area contributed by atoms with Crippen molar-refractivity contribution in [2.45, 2.75) is 57.9 Å². The Bertz CT molecular complexity index is 607. The van der Waals surface area contributed by atoms with E-state index in [1.165, 1.54) is 0 Å². The molecule has 0 aliphatic carbocycles. The smallest absolute Gasteiger partial charge is 0.191 e. The van der Waals surface area contributed by atoms with Gasteiger partial charge in [-0.3, -0.25) is 19.1 Å². The first-order valence-electron chi connectivity index (χ1n) is 9.94. The molecule has 1 aliphatic rings. The highest BCUT2D eigenvalue weighted by Gasteiger charge is 2.21. The van der Waals surface area contributed by atoms with Crippen molar-refractivity contribution in [1.82, 2.24) is 20.5 Å². The molecule has 0 saturated carbocycles. The van der Waals surface area contributed by atoms with Gasteiger partial charge in [0, 0.05) is 59.7 Å². The molecule has 1 atom stereocenters. The van der Waals surface area contributed by atoms with Gasteiger partial charge in [-0.25, -0.2) is 0 Å². The summed E-state index contributed by atoms with van der Waals surface area (Å²) in [5.41, 5.74) is 1.13. The molecule has 2 rings (SSSR count). The van der Waals surface area contributed by atoms with Gasteiger partial charge in [0.05, 0.1) is 12.2 Å². The molecule has 1 aromatic heterocycles. The van der Waals surface area contributed by atoms with Crippen molar-refractivity contribution in [3.8, 4) is 0 Å². The third-order valence-electron chi connectivity index (χ3n) is 4.61. The second-order valence-electron chi connectivity index (χ2n) is 7.94. The zero-order valence-electron chi connectivity index (χ0n) is 17.2. The molecular weight excluding hydrogens is 358 g/mol. The van der Waals surface area contributed by atoms with Crippen molar-refractivity contribution in [1.29, 1.82) is 0 Å². The minimum absolute atomic E-state index is 0.179. The summed E-state index contributed by atoms with van der Waals surface area (Å²) in [6.45, 7) is 12.5. The predicted molar refractivity (Wildman–Crippen MR) is 114 cm³/mol. The Morgan fingerprint density at radius 2 is 2.07 bits per heavy atom. The fraction of sp³-hybridized carbons (Fsp3) is 0.700. The van der Waals surface area contributed by atoms with Crippen LogP contribution in [0.1, 0.15) is 46.2 Å². The fourth-order valence-corrected chi connectivity index (χ4v) is 3.89. The quantitative estimate of drug-likeness (QED) is 0.549. The predicted octanol–water partition coefficient (Wildman–Crippen LogP) is 2.15. The summed E-state index contributed by atoms with van der Waals surface area (Å²) in [5.74, 6) is 1.44. The van der Waals surface area contributed by atoms with E-state index < -0.39 is 10.8 Å². The number of aromatic nitrogens is 1. The zero-order chi connectivity index (χ0) is 19.7. The van der Waals surface area contributed by atoms with Gasteiger partial charge >= 0.3 is 0 Å². The maximum atomic E-state index is 12.2. The Labute approximate surface area is 166 Å². The van der Waals surface area contributed by atoms with Gasteiger partial charge in [0.25, 0.3) is 0 Å². The molecule has 152 valence electrons. The fourth-order valence-electron chi connectivity index (χ4n) is 3.02. The van der Waals surface area contributed by atoms with Crippen LogP contribution in [0.25, 0.3) is 0 Å². The molecule has 0 bridgehead atoms. The maximum absolute atomic E-state index is 12.2. The van der Waals surface area contributed by atoms with E-state index in [9.17, 15) is 4.21 Å². The molecule has 1 aromatic rings. The summed E-state index contributed by atoms with van der Waals surface area (Å²) in [6.07, 6.45) is 4.03. The first-order valence-corrected chi connectivity index (χ1v) is 11.3. The van der Waals surface area contributed by atoms with Crippen LogP contribution in [0.3, 0.4) is 0 Å². The molecule has 7 heteroatoms. The third kappa shape index (κ3) is 7.97. The standard InChI is InChI=1S/C20H35N5OS/c1-5-21-19(23-12-15-27(26)20(2,3)4)24-17-9-13-25(14-10-17)16-18-8-6-7-11-22-18/h6-8,11,17H,5,9-10,12-16H2,1-4H3,(H2,21,23,24). The van der Waals surface area contributed by atoms with Crippen LogP contribution >= 0.6 is 0 Å². The Morgan fingerprint density at radius 1 is 1.33 bits per heavy atom. The largest absolute Gasteiger partial charge is 0.357 e. The number of likely N-dealkylation sites (tertiary alicyclic amines) is 1. The minimum Gasteiger partial charge on any atom is -0.357 e. The molecular formula is C20H35N5OS. The van der Waals surface area contributed by atoms with Gasteiger partial charge in [0.2, 0.25) is 0 Å². The van der Waals surface area contributed by atoms with Crippen molar-refractivity contribution < 1.29 is 4.21 Å². The van der Waals surface area contributed by atoms with Crippen LogP contribution in [-0.2, 0) is 17.3 Å². The number of hydrogen-bond acceptors (Lipinski definition) is 4. The third-order valence-corrected chi connectivity index (χ3v) is 6.53. The molecule has 0 amide bonds. The van der Waals surface area contributed by atoms with Crippen molar-refractivity contribution in [2.24, 2.45) is 4.99 Å². The number of piperidine rings is 1. The Balaban J connectivity index is 1.78. The topological polar surface area (TPSA) is 69.6 Å². The summed E-state index contributed by atoms with van der Waals surface area (Å²) in [6, 6.07) is 6.51. The number of aliphatic imine (C=N–C) groups is 1. The van der Waals surface area contributed by atoms with E-state index in [1.54, 1.807) is 0 Å². The minimum atomic E-state index is -0.864. The Kier molecular flexibility index (Phi) is 8.70. The normalized spacial score (nSPS) is 18.3. The SMILES string of the molecule is CCNC(=NCCS(=O)C(C)(C)C)NC1CCN(Cc2ccccn2)CC1. The van der Waals surface area contributed by atoms with E-state index in [4.69, 9.17) is 0 Å². The van der Waals surface area contributed by atoms with Gasteiger partial charge in [-0.2, -0.15) is 0 Å². The lowest BCUT2D eigenvalue weighted by Crippen LogP contribution is -2.48. The summed E-state index contributed by atoms with van der Waals surface area (Å²) < 4.78 is 12.0. The average Bonchev–Trinajstić information content (AvgIpc) is 2.63. The van der Waals surface area contributed by atoms with Crippen LogP contribution in [0.2, 0.25) is 0 Å². The van der Waals surface area contributed by atoms with Crippen LogP contribution in [0.5, 0.6) is 0 Å². The first-order chi connectivity index (χ1) is 12.9. The molecule has 2 N–H and O–H groups in total. The number of rotatable bonds is 7. The molecule has 0 radical (unpaired) electrons. The Hall–Kier alpha value is -1.47. The second-order valence-corrected chi connectivity index (χ2v) is 10.3. The van der Waals surface area contributed by atoms with E-state index in [1.807, 2.05) is 39.1 Å². The molecule has 0 aromatic carbocycles. The summed E-state index contributed by atoms with van der Waals surface area (Å²) in [4.78, 5) is 11.5. The summed E-state index contributed by atoms with van der Waals surface area (Å²) in [5, 5.41) is 6.86. The van der Waals surface area contributed by atoms with Crippen LogP contribution in [0, 0.1) is 0 Å². The Morgan fingerprint density at radius 3 is 2.67 bits per heavy atom. The van der Waals surface area contributed by atoms with Gasteiger partial charge in [0.15, 0.2) is 5.96 Å². The zero-order valence-corrected chi connectivity index (χ0v) is 18.0. The summed E-state index contributed by atoms with van der Waals surface area (Å²) in [7, 11) is -0.864. The maximum Gasteiger partial charge on any atom is 0.191 e. The van der Waals surface area contributed by atoms with Crippen LogP contribution in [0.15, 0.2) is 29.4 Å². The average molecular weight is 394 g/mol. The van der Waals surface area contributed by atoms with E-state index in [0.29, 0.717) is 18.3 Å². The first kappa shape index (κ1) is 21.8. The lowest BCUT2D eigenvalue weighted by molar-refractivity contribution is 0.196. The summed E-state index contributed by atoms with van der Waals surface area (Å²) >= 11 is 0. The highest BCUT2D eigenvalue weighted by atomic mass is 32.2. The lowest BCUT2D eigenvalue weighted by Gasteiger charge is -2.32. The highest BCUT2D eigenvalue weighted by Crippen LogP contribution is 2.13. The highest BCUT2D eigenvalue weighted by molar-refractivity contribution is 7.86. The number of pyridine rings is 1. The number of guanidine groups is 1. The molecule has 0 spiro atoms. The molecule has 1 saturated heterocycles. The molecule has 1 aliphatic heterocycles. The van der Waals surface area contributed by atoms with Crippen molar-refractivity contribution in [3.05, 3.63) is 30.1 Å². The molecule has 1 fully saturated rings. The van der Waals surface area contributed by atoms with Crippen molar-refractivity contribution >= 4 is 16.8 Å². The van der Waals surface area contributed by atoms with E-state index in [0.717, 1.165) is 50.7 Å². The van der Waals surface area contributed by atoms with E-state index >= 15 is 0 Å². The van der Waals surface area contributed by atoms with Gasteiger partial charge in [-0.05, 0) is 52.7 Å². The number of nitrogens with one attached hydrogen (secondary N) is 2.